The minimum absolute atomic E-state index is 0.0406. The summed E-state index contributed by atoms with van der Waals surface area (Å²) in [5.74, 6) is -4.89. The molecule has 2 aliphatic rings. The molecule has 0 bridgehead atoms. The first-order valence-electron chi connectivity index (χ1n) is 9.17. The maximum absolute atomic E-state index is 13.8. The van der Waals surface area contributed by atoms with Crippen LogP contribution in [-0.2, 0) is 17.9 Å². The van der Waals surface area contributed by atoms with Crippen LogP contribution >= 0.6 is 0 Å². The van der Waals surface area contributed by atoms with Crippen molar-refractivity contribution in [3.05, 3.63) is 53.0 Å². The monoisotopic (exact) mass is 423 g/mol. The van der Waals surface area contributed by atoms with E-state index in [1.54, 1.807) is 0 Å². The van der Waals surface area contributed by atoms with Crippen molar-refractivity contribution in [1.29, 1.82) is 0 Å². The zero-order valence-electron chi connectivity index (χ0n) is 15.5. The Morgan fingerprint density at radius 2 is 2.03 bits per heavy atom. The summed E-state index contributed by atoms with van der Waals surface area (Å²) in [5, 5.41) is 15.1. The van der Waals surface area contributed by atoms with Crippen molar-refractivity contribution in [1.82, 2.24) is 15.3 Å². The molecule has 0 radical (unpaired) electrons. The molecule has 1 aliphatic heterocycles. The zero-order valence-corrected chi connectivity index (χ0v) is 15.5. The Balaban J connectivity index is 1.52. The van der Waals surface area contributed by atoms with Gasteiger partial charge in [0.1, 0.15) is 29.5 Å². The van der Waals surface area contributed by atoms with Crippen LogP contribution in [0, 0.1) is 11.6 Å². The third-order valence-corrected chi connectivity index (χ3v) is 5.02. The Hall–Kier alpha value is -3.08. The minimum atomic E-state index is -3.00. The van der Waals surface area contributed by atoms with E-state index in [1.807, 2.05) is 0 Å². The molecular formula is C19H17F4N5O2. The van der Waals surface area contributed by atoms with Gasteiger partial charge in [0.05, 0.1) is 29.9 Å². The van der Waals surface area contributed by atoms with E-state index in [-0.39, 0.29) is 35.7 Å². The average Bonchev–Trinajstić information content (AvgIpc) is 3.23. The molecule has 0 unspecified atom stereocenters. The number of hydrogen-bond donors (Lipinski definition) is 3. The summed E-state index contributed by atoms with van der Waals surface area (Å²) in [5.41, 5.74) is 0.552. The van der Waals surface area contributed by atoms with Crippen LogP contribution in [0.25, 0.3) is 0 Å². The predicted molar refractivity (Wildman–Crippen MR) is 98.1 cm³/mol. The Labute approximate surface area is 168 Å². The number of aliphatic hydroxyl groups excluding tert-OH is 1. The topological polar surface area (TPSA) is 99.5 Å². The zero-order chi connectivity index (χ0) is 21.5. The quantitative estimate of drug-likeness (QED) is 0.639. The lowest BCUT2D eigenvalue weighted by Crippen LogP contribution is -2.33. The first-order valence-corrected chi connectivity index (χ1v) is 9.17. The van der Waals surface area contributed by atoms with Crippen molar-refractivity contribution in [2.75, 3.05) is 5.32 Å². The van der Waals surface area contributed by atoms with E-state index < -0.39 is 48.5 Å². The molecule has 1 aromatic carbocycles. The number of nitrogens with zero attached hydrogens (tertiary/aromatic N) is 3. The SMILES string of the molecule is O=C(NCc1cc(F)ccc1F)C1=NCc2ncnc(N[C@H]3CC(F)(F)C[C@@H]3O)c21. The van der Waals surface area contributed by atoms with Crippen LogP contribution in [0.15, 0.2) is 29.5 Å². The molecule has 1 aliphatic carbocycles. The lowest BCUT2D eigenvalue weighted by atomic mass is 10.1. The van der Waals surface area contributed by atoms with Crippen molar-refractivity contribution in [2.45, 2.75) is 44.0 Å². The average molecular weight is 423 g/mol. The number of anilines is 1. The van der Waals surface area contributed by atoms with Gasteiger partial charge in [0, 0.05) is 24.9 Å². The summed E-state index contributed by atoms with van der Waals surface area (Å²) in [7, 11) is 0. The fourth-order valence-corrected chi connectivity index (χ4v) is 3.57. The van der Waals surface area contributed by atoms with Crippen molar-refractivity contribution in [3.8, 4) is 0 Å². The van der Waals surface area contributed by atoms with E-state index in [0.29, 0.717) is 5.69 Å². The van der Waals surface area contributed by atoms with Crippen LogP contribution in [0.1, 0.15) is 29.7 Å². The molecule has 2 atom stereocenters. The number of alkyl halides is 2. The van der Waals surface area contributed by atoms with Crippen molar-refractivity contribution < 1.29 is 27.5 Å². The highest BCUT2D eigenvalue weighted by Crippen LogP contribution is 2.37. The maximum Gasteiger partial charge on any atom is 0.270 e. The molecule has 0 spiro atoms. The minimum Gasteiger partial charge on any atom is -0.391 e. The molecule has 7 nitrogen and oxygen atoms in total. The number of carbonyl (C=O) groups excluding carboxylic acids is 1. The first kappa shape index (κ1) is 20.2. The molecule has 2 aromatic rings. The standard InChI is InChI=1S/C19H17F4N5O2/c20-10-1-2-11(21)9(3-10)6-25-18(30)16-15-13(7-24-16)26-8-27-17(15)28-12-4-19(22,23)5-14(12)29/h1-3,8,12,14,29H,4-7H2,(H,25,30)(H,26,27,28)/t12-,14-/m0/s1. The second kappa shape index (κ2) is 7.63. The van der Waals surface area contributed by atoms with Gasteiger partial charge in [-0.2, -0.15) is 0 Å². The van der Waals surface area contributed by atoms with Crippen LogP contribution in [0.5, 0.6) is 0 Å². The van der Waals surface area contributed by atoms with E-state index in [2.05, 4.69) is 25.6 Å². The molecular weight excluding hydrogens is 406 g/mol. The number of nitrogens with one attached hydrogen (secondary N) is 2. The molecule has 1 aromatic heterocycles. The number of carbonyl (C=O) groups is 1. The number of halogens is 4. The smallest absolute Gasteiger partial charge is 0.270 e. The summed E-state index contributed by atoms with van der Waals surface area (Å²) < 4.78 is 54.2. The lowest BCUT2D eigenvalue weighted by Gasteiger charge is -2.18. The maximum atomic E-state index is 13.8. The number of aromatic nitrogens is 2. The predicted octanol–water partition coefficient (Wildman–Crippen LogP) is 1.94. The van der Waals surface area contributed by atoms with Crippen LogP contribution in [0.3, 0.4) is 0 Å². The van der Waals surface area contributed by atoms with Gasteiger partial charge in [0.15, 0.2) is 0 Å². The molecule has 1 saturated carbocycles. The third-order valence-electron chi connectivity index (χ3n) is 5.02. The van der Waals surface area contributed by atoms with Crippen LogP contribution in [0.4, 0.5) is 23.4 Å². The molecule has 0 saturated heterocycles. The number of fused-ring (bicyclic) bond motifs is 1. The molecule has 158 valence electrons. The Morgan fingerprint density at radius 1 is 1.23 bits per heavy atom. The second-order valence-corrected chi connectivity index (χ2v) is 7.21. The van der Waals surface area contributed by atoms with Gasteiger partial charge >= 0.3 is 0 Å². The summed E-state index contributed by atoms with van der Waals surface area (Å²) >= 11 is 0. The van der Waals surface area contributed by atoms with E-state index in [9.17, 15) is 27.5 Å². The molecule has 1 fully saturated rings. The third kappa shape index (κ3) is 3.97. The summed E-state index contributed by atoms with van der Waals surface area (Å²) in [6.45, 7) is -0.201. The summed E-state index contributed by atoms with van der Waals surface area (Å²) in [4.78, 5) is 24.8. The fraction of sp³-hybridized carbons (Fsp3) is 0.368. The van der Waals surface area contributed by atoms with E-state index >= 15 is 0 Å². The van der Waals surface area contributed by atoms with Crippen molar-refractivity contribution in [3.63, 3.8) is 0 Å². The highest BCUT2D eigenvalue weighted by Gasteiger charge is 2.46. The number of aliphatic hydroxyl groups is 1. The number of amides is 1. The van der Waals surface area contributed by atoms with Crippen molar-refractivity contribution in [2.24, 2.45) is 4.99 Å². The van der Waals surface area contributed by atoms with E-state index in [1.165, 1.54) is 6.33 Å². The molecule has 3 N–H and O–H groups in total. The van der Waals surface area contributed by atoms with E-state index in [4.69, 9.17) is 0 Å². The lowest BCUT2D eigenvalue weighted by molar-refractivity contribution is -0.114. The number of aliphatic imine (C=N–C) groups is 1. The number of benzene rings is 1. The van der Waals surface area contributed by atoms with Gasteiger partial charge in [0.25, 0.3) is 11.8 Å². The fourth-order valence-electron chi connectivity index (χ4n) is 3.57. The summed E-state index contributed by atoms with van der Waals surface area (Å²) in [6, 6.07) is 1.94. The van der Waals surface area contributed by atoms with Gasteiger partial charge in [-0.3, -0.25) is 9.79 Å². The summed E-state index contributed by atoms with van der Waals surface area (Å²) in [6.07, 6.45) is -1.32. The Bertz CT molecular complexity index is 1030. The van der Waals surface area contributed by atoms with Gasteiger partial charge in [-0.25, -0.2) is 27.5 Å². The first-order chi connectivity index (χ1) is 14.2. The molecule has 30 heavy (non-hydrogen) atoms. The molecule has 2 heterocycles. The van der Waals surface area contributed by atoms with Crippen molar-refractivity contribution >= 4 is 17.4 Å². The number of hydrogen-bond acceptors (Lipinski definition) is 6. The van der Waals surface area contributed by atoms with E-state index in [0.717, 1.165) is 18.2 Å². The van der Waals surface area contributed by atoms with Crippen LogP contribution in [-0.4, -0.2) is 44.8 Å². The normalized spacial score (nSPS) is 21.8. The van der Waals surface area contributed by atoms with Crippen LogP contribution < -0.4 is 10.6 Å². The Kier molecular flexibility index (Phi) is 5.14. The Morgan fingerprint density at radius 3 is 2.77 bits per heavy atom. The van der Waals surface area contributed by atoms with Gasteiger partial charge in [-0.1, -0.05) is 0 Å². The molecule has 1 amide bonds. The number of rotatable bonds is 5. The molecule has 4 rings (SSSR count). The van der Waals surface area contributed by atoms with Gasteiger partial charge in [0.2, 0.25) is 0 Å². The highest BCUT2D eigenvalue weighted by molar-refractivity contribution is 6.47. The largest absolute Gasteiger partial charge is 0.391 e. The van der Waals surface area contributed by atoms with Crippen LogP contribution in [0.2, 0.25) is 0 Å². The second-order valence-electron chi connectivity index (χ2n) is 7.21. The van der Waals surface area contributed by atoms with Gasteiger partial charge in [-0.15, -0.1) is 0 Å². The highest BCUT2D eigenvalue weighted by atomic mass is 19.3. The molecule has 11 heteroatoms. The van der Waals surface area contributed by atoms with Gasteiger partial charge < -0.3 is 15.7 Å². The van der Waals surface area contributed by atoms with Gasteiger partial charge in [-0.05, 0) is 18.2 Å².